The van der Waals surface area contributed by atoms with Crippen molar-refractivity contribution >= 4 is 30.3 Å². The molecule has 16 heavy (non-hydrogen) atoms. The SMILES string of the molecule is FC(F)COC1CCc2ccn(SI)c2C1. The molecular weight excluding hydrogens is 347 g/mol. The van der Waals surface area contributed by atoms with Crippen molar-refractivity contribution in [1.82, 2.24) is 3.97 Å². The molecule has 2 rings (SSSR count). The lowest BCUT2D eigenvalue weighted by Gasteiger charge is -2.23. The number of hydrogen-bond donors (Lipinski definition) is 0. The van der Waals surface area contributed by atoms with Crippen LogP contribution in [0, 0.1) is 0 Å². The first-order valence-electron chi connectivity index (χ1n) is 5.08. The predicted molar refractivity (Wildman–Crippen MR) is 69.2 cm³/mol. The molecule has 0 saturated heterocycles. The van der Waals surface area contributed by atoms with E-state index in [9.17, 15) is 8.78 Å². The number of aromatic nitrogens is 1. The minimum absolute atomic E-state index is 0.0568. The molecule has 1 aliphatic carbocycles. The molecule has 0 amide bonds. The maximum atomic E-state index is 12.0. The van der Waals surface area contributed by atoms with E-state index in [1.165, 1.54) is 11.3 Å². The first-order valence-corrected chi connectivity index (χ1v) is 8.40. The van der Waals surface area contributed by atoms with Crippen LogP contribution in [0.1, 0.15) is 17.7 Å². The van der Waals surface area contributed by atoms with Gasteiger partial charge in [0.2, 0.25) is 0 Å². The number of hydrogen-bond acceptors (Lipinski definition) is 2. The second-order valence-corrected chi connectivity index (χ2v) is 5.48. The monoisotopic (exact) mass is 359 g/mol. The molecule has 0 fully saturated rings. The average Bonchev–Trinajstić information content (AvgIpc) is 2.68. The minimum atomic E-state index is -2.37. The van der Waals surface area contributed by atoms with E-state index in [0.29, 0.717) is 0 Å². The van der Waals surface area contributed by atoms with Crippen molar-refractivity contribution in [3.63, 3.8) is 0 Å². The molecule has 6 heteroatoms. The topological polar surface area (TPSA) is 14.2 Å². The van der Waals surface area contributed by atoms with Gasteiger partial charge in [0.1, 0.15) is 6.61 Å². The third-order valence-electron chi connectivity index (χ3n) is 2.74. The molecule has 2 nitrogen and oxygen atoms in total. The first-order chi connectivity index (χ1) is 7.70. The third-order valence-corrected chi connectivity index (χ3v) is 4.50. The van der Waals surface area contributed by atoms with E-state index in [1.54, 1.807) is 9.12 Å². The van der Waals surface area contributed by atoms with E-state index in [0.717, 1.165) is 19.3 Å². The van der Waals surface area contributed by atoms with Gasteiger partial charge in [-0.15, -0.1) is 0 Å². The molecule has 1 aromatic rings. The van der Waals surface area contributed by atoms with E-state index < -0.39 is 13.0 Å². The molecule has 0 saturated carbocycles. The minimum Gasteiger partial charge on any atom is -0.372 e. The largest absolute Gasteiger partial charge is 0.372 e. The molecule has 0 aliphatic heterocycles. The molecular formula is C10H12F2INOS. The molecule has 1 heterocycles. The van der Waals surface area contributed by atoms with Crippen LogP contribution in [-0.2, 0) is 17.6 Å². The van der Waals surface area contributed by atoms with Crippen LogP contribution in [0.25, 0.3) is 0 Å². The lowest BCUT2D eigenvalue weighted by Crippen LogP contribution is -2.25. The Morgan fingerprint density at radius 2 is 2.44 bits per heavy atom. The highest BCUT2D eigenvalue weighted by Gasteiger charge is 2.23. The van der Waals surface area contributed by atoms with Crippen molar-refractivity contribution in [1.29, 1.82) is 0 Å². The van der Waals surface area contributed by atoms with Crippen molar-refractivity contribution < 1.29 is 13.5 Å². The number of rotatable bonds is 4. The van der Waals surface area contributed by atoms with Crippen molar-refractivity contribution in [2.75, 3.05) is 6.61 Å². The molecule has 1 aromatic heterocycles. The summed E-state index contributed by atoms with van der Waals surface area (Å²) in [5, 5.41) is 0. The molecule has 0 spiro atoms. The van der Waals surface area contributed by atoms with Gasteiger partial charge in [0.05, 0.1) is 6.10 Å². The van der Waals surface area contributed by atoms with Crippen LogP contribution >= 0.6 is 30.3 Å². The summed E-state index contributed by atoms with van der Waals surface area (Å²) in [6.07, 6.45) is 2.11. The zero-order chi connectivity index (χ0) is 11.5. The number of halogens is 3. The standard InChI is InChI=1S/C10H12F2INOS/c11-10(12)6-15-8-2-1-7-3-4-14(16-13)9(7)5-8/h3-4,8,10H,1-2,5-6H2. The summed E-state index contributed by atoms with van der Waals surface area (Å²) in [7, 11) is 1.60. The van der Waals surface area contributed by atoms with Gasteiger partial charge >= 0.3 is 0 Å². The highest BCUT2D eigenvalue weighted by atomic mass is 127. The fourth-order valence-electron chi connectivity index (χ4n) is 1.98. The Hall–Kier alpha value is 0.180. The Kier molecular flexibility index (Phi) is 4.48. The summed E-state index contributed by atoms with van der Waals surface area (Å²) in [6, 6.07) is 2.10. The number of nitrogens with zero attached hydrogens (tertiary/aromatic N) is 1. The summed E-state index contributed by atoms with van der Waals surface area (Å²) >= 11 is 2.21. The van der Waals surface area contributed by atoms with Crippen LogP contribution in [0.5, 0.6) is 0 Å². The third kappa shape index (κ3) is 2.89. The summed E-state index contributed by atoms with van der Waals surface area (Å²) in [4.78, 5) is 0. The number of fused-ring (bicyclic) bond motifs is 1. The van der Waals surface area contributed by atoms with Crippen LogP contribution < -0.4 is 0 Å². The lowest BCUT2D eigenvalue weighted by molar-refractivity contribution is -0.0287. The van der Waals surface area contributed by atoms with Gasteiger partial charge in [-0.1, -0.05) is 0 Å². The van der Waals surface area contributed by atoms with Crippen LogP contribution in [0.2, 0.25) is 0 Å². The van der Waals surface area contributed by atoms with Gasteiger partial charge in [0.25, 0.3) is 6.43 Å². The molecule has 90 valence electrons. The summed E-state index contributed by atoms with van der Waals surface area (Å²) in [5.74, 6) is 0. The highest BCUT2D eigenvalue weighted by Crippen LogP contribution is 2.29. The Morgan fingerprint density at radius 3 is 3.12 bits per heavy atom. The van der Waals surface area contributed by atoms with Gasteiger partial charge < -0.3 is 4.74 Å². The van der Waals surface area contributed by atoms with Gasteiger partial charge in [-0.05, 0) is 24.5 Å². The van der Waals surface area contributed by atoms with Crippen LogP contribution in [-0.4, -0.2) is 23.1 Å². The Morgan fingerprint density at radius 1 is 1.62 bits per heavy atom. The molecule has 1 atom stereocenters. The van der Waals surface area contributed by atoms with Gasteiger partial charge in [-0.3, -0.25) is 3.97 Å². The zero-order valence-corrected chi connectivity index (χ0v) is 11.5. The van der Waals surface area contributed by atoms with E-state index in [-0.39, 0.29) is 6.10 Å². The second-order valence-electron chi connectivity index (χ2n) is 3.77. The van der Waals surface area contributed by atoms with Crippen molar-refractivity contribution in [3.05, 3.63) is 23.5 Å². The van der Waals surface area contributed by atoms with Gasteiger partial charge in [-0.2, -0.15) is 0 Å². The van der Waals surface area contributed by atoms with Crippen molar-refractivity contribution in [2.24, 2.45) is 0 Å². The average molecular weight is 359 g/mol. The van der Waals surface area contributed by atoms with Crippen LogP contribution in [0.15, 0.2) is 12.3 Å². The van der Waals surface area contributed by atoms with Gasteiger partial charge in [0.15, 0.2) is 0 Å². The zero-order valence-electron chi connectivity index (χ0n) is 8.54. The normalized spacial score (nSPS) is 20.1. The Labute approximate surface area is 109 Å². The smallest absolute Gasteiger partial charge is 0.261 e. The van der Waals surface area contributed by atoms with Crippen LogP contribution in [0.4, 0.5) is 8.78 Å². The van der Waals surface area contributed by atoms with Crippen LogP contribution in [0.3, 0.4) is 0 Å². The molecule has 0 aromatic carbocycles. The van der Waals surface area contributed by atoms with Crippen molar-refractivity contribution in [3.8, 4) is 0 Å². The predicted octanol–water partition coefficient (Wildman–Crippen LogP) is 3.47. The van der Waals surface area contributed by atoms with E-state index >= 15 is 0 Å². The van der Waals surface area contributed by atoms with E-state index in [1.807, 2.05) is 6.20 Å². The molecule has 1 unspecified atom stereocenters. The molecule has 1 aliphatic rings. The second kappa shape index (κ2) is 5.68. The summed E-state index contributed by atoms with van der Waals surface area (Å²) in [5.41, 5.74) is 2.53. The Balaban J connectivity index is 1.99. The maximum absolute atomic E-state index is 12.0. The summed E-state index contributed by atoms with van der Waals surface area (Å²) < 4.78 is 31.3. The van der Waals surface area contributed by atoms with Crippen molar-refractivity contribution in [2.45, 2.75) is 31.8 Å². The Bertz CT molecular complexity index is 345. The lowest BCUT2D eigenvalue weighted by atomic mass is 9.96. The number of aryl methyl sites for hydroxylation is 1. The number of ether oxygens (including phenoxy) is 1. The molecule has 0 bridgehead atoms. The molecule has 0 radical (unpaired) electrons. The van der Waals surface area contributed by atoms with Gasteiger partial charge in [0, 0.05) is 48.6 Å². The first kappa shape index (κ1) is 12.6. The maximum Gasteiger partial charge on any atom is 0.261 e. The number of alkyl halides is 2. The molecule has 0 N–H and O–H groups in total. The fraction of sp³-hybridized carbons (Fsp3) is 0.600. The highest BCUT2D eigenvalue weighted by molar-refractivity contribution is 14.2. The van der Waals surface area contributed by atoms with E-state index in [4.69, 9.17) is 4.74 Å². The van der Waals surface area contributed by atoms with E-state index in [2.05, 4.69) is 31.2 Å². The summed E-state index contributed by atoms with van der Waals surface area (Å²) in [6.45, 7) is -0.446. The van der Waals surface area contributed by atoms with Gasteiger partial charge in [-0.25, -0.2) is 8.78 Å². The quantitative estimate of drug-likeness (QED) is 0.765. The fourth-order valence-corrected chi connectivity index (χ4v) is 3.47.